The van der Waals surface area contributed by atoms with E-state index in [0.717, 1.165) is 12.5 Å². The normalized spacial score (nSPS) is 16.1. The number of hydrogen-bond donors (Lipinski definition) is 0. The number of aromatic nitrogens is 1. The van der Waals surface area contributed by atoms with Gasteiger partial charge in [0.2, 0.25) is 11.9 Å². The summed E-state index contributed by atoms with van der Waals surface area (Å²) in [4.78, 5) is 30.3. The van der Waals surface area contributed by atoms with Crippen LogP contribution in [0, 0.1) is 5.95 Å². The van der Waals surface area contributed by atoms with E-state index in [2.05, 4.69) is 4.98 Å². The fourth-order valence-electron chi connectivity index (χ4n) is 2.15. The quantitative estimate of drug-likeness (QED) is 0.709. The van der Waals surface area contributed by atoms with Crippen LogP contribution in [-0.4, -0.2) is 52.8 Å². The second-order valence-corrected chi connectivity index (χ2v) is 4.52. The van der Waals surface area contributed by atoms with Crippen LogP contribution in [0.1, 0.15) is 23.7 Å². The van der Waals surface area contributed by atoms with Gasteiger partial charge in [-0.3, -0.25) is 9.59 Å². The van der Waals surface area contributed by atoms with E-state index in [9.17, 15) is 14.0 Å². The molecule has 5 nitrogen and oxygen atoms in total. The molecule has 0 aliphatic carbocycles. The topological polar surface area (TPSA) is 53.5 Å². The first kappa shape index (κ1) is 13.5. The number of nitrogens with zero attached hydrogens (tertiary/aromatic N) is 3. The van der Waals surface area contributed by atoms with E-state index < -0.39 is 5.95 Å². The fraction of sp³-hybridized carbons (Fsp3) is 0.462. The van der Waals surface area contributed by atoms with E-state index >= 15 is 0 Å². The van der Waals surface area contributed by atoms with E-state index in [0.29, 0.717) is 31.7 Å². The third-order valence-electron chi connectivity index (χ3n) is 3.20. The van der Waals surface area contributed by atoms with E-state index in [4.69, 9.17) is 0 Å². The van der Waals surface area contributed by atoms with Crippen molar-refractivity contribution in [3.05, 3.63) is 29.8 Å². The van der Waals surface area contributed by atoms with Crippen LogP contribution in [-0.2, 0) is 4.79 Å². The first-order valence-corrected chi connectivity index (χ1v) is 6.24. The van der Waals surface area contributed by atoms with E-state index in [1.807, 2.05) is 0 Å². The lowest BCUT2D eigenvalue weighted by molar-refractivity contribution is -0.128. The second kappa shape index (κ2) is 5.77. The molecule has 2 amide bonds. The lowest BCUT2D eigenvalue weighted by Crippen LogP contribution is -2.36. The molecular weight excluding hydrogens is 249 g/mol. The van der Waals surface area contributed by atoms with Crippen molar-refractivity contribution in [1.29, 1.82) is 0 Å². The van der Waals surface area contributed by atoms with Gasteiger partial charge in [-0.2, -0.15) is 4.39 Å². The smallest absolute Gasteiger partial charge is 0.254 e. The zero-order chi connectivity index (χ0) is 13.8. The van der Waals surface area contributed by atoms with Gasteiger partial charge in [-0.15, -0.1) is 0 Å². The largest absolute Gasteiger partial charge is 0.341 e. The van der Waals surface area contributed by atoms with Crippen molar-refractivity contribution >= 4 is 11.8 Å². The molecule has 0 bridgehead atoms. The predicted molar refractivity (Wildman–Crippen MR) is 67.0 cm³/mol. The lowest BCUT2D eigenvalue weighted by Gasteiger charge is -2.21. The standard InChI is InChI=1S/C13H16FN3O2/c1-10(18)16-5-2-6-17(8-7-16)13(19)11-3-4-15-12(14)9-11/h3-4,9H,2,5-8H2,1H3. The monoisotopic (exact) mass is 265 g/mol. The Balaban J connectivity index is 2.06. The minimum absolute atomic E-state index is 0.0178. The highest BCUT2D eigenvalue weighted by Crippen LogP contribution is 2.09. The molecule has 1 aromatic rings. The van der Waals surface area contributed by atoms with Gasteiger partial charge in [-0.25, -0.2) is 4.98 Å². The van der Waals surface area contributed by atoms with Crippen LogP contribution in [0.3, 0.4) is 0 Å². The molecule has 0 spiro atoms. The molecule has 1 aliphatic rings. The highest BCUT2D eigenvalue weighted by atomic mass is 19.1. The summed E-state index contributed by atoms with van der Waals surface area (Å²) < 4.78 is 13.0. The highest BCUT2D eigenvalue weighted by molar-refractivity contribution is 5.94. The number of amides is 2. The molecule has 0 atom stereocenters. The van der Waals surface area contributed by atoms with Crippen LogP contribution in [0.5, 0.6) is 0 Å². The molecule has 2 rings (SSSR count). The number of carbonyl (C=O) groups excluding carboxylic acids is 2. The number of rotatable bonds is 1. The van der Waals surface area contributed by atoms with Gasteiger partial charge in [0.1, 0.15) is 0 Å². The Morgan fingerprint density at radius 2 is 1.89 bits per heavy atom. The third kappa shape index (κ3) is 3.27. The van der Waals surface area contributed by atoms with Gasteiger partial charge in [0.05, 0.1) is 0 Å². The van der Waals surface area contributed by atoms with Crippen molar-refractivity contribution in [2.24, 2.45) is 0 Å². The first-order chi connectivity index (χ1) is 9.08. The maximum atomic E-state index is 13.0. The molecule has 1 aromatic heterocycles. The van der Waals surface area contributed by atoms with E-state index in [1.54, 1.807) is 9.80 Å². The number of pyridine rings is 1. The van der Waals surface area contributed by atoms with Gasteiger partial charge in [-0.1, -0.05) is 0 Å². The van der Waals surface area contributed by atoms with E-state index in [1.165, 1.54) is 19.2 Å². The van der Waals surface area contributed by atoms with Gasteiger partial charge < -0.3 is 9.80 Å². The summed E-state index contributed by atoms with van der Waals surface area (Å²) >= 11 is 0. The minimum atomic E-state index is -0.661. The molecule has 0 saturated carbocycles. The maximum absolute atomic E-state index is 13.0. The van der Waals surface area contributed by atoms with Crippen molar-refractivity contribution in [1.82, 2.24) is 14.8 Å². The first-order valence-electron chi connectivity index (χ1n) is 6.24. The predicted octanol–water partition coefficient (Wildman–Crippen LogP) is 0.915. The summed E-state index contributed by atoms with van der Waals surface area (Å²) in [5.41, 5.74) is 0.295. The average molecular weight is 265 g/mol. The molecule has 1 fully saturated rings. The van der Waals surface area contributed by atoms with Gasteiger partial charge in [0.25, 0.3) is 5.91 Å². The Hall–Kier alpha value is -1.98. The Morgan fingerprint density at radius 1 is 1.21 bits per heavy atom. The van der Waals surface area contributed by atoms with Crippen LogP contribution >= 0.6 is 0 Å². The summed E-state index contributed by atoms with van der Waals surface area (Å²) in [5, 5.41) is 0. The SMILES string of the molecule is CC(=O)N1CCCN(C(=O)c2ccnc(F)c2)CC1. The zero-order valence-electron chi connectivity index (χ0n) is 10.8. The Kier molecular flexibility index (Phi) is 4.09. The van der Waals surface area contributed by atoms with Crippen molar-refractivity contribution in [2.75, 3.05) is 26.2 Å². The molecule has 1 saturated heterocycles. The molecule has 1 aliphatic heterocycles. The molecule has 2 heterocycles. The van der Waals surface area contributed by atoms with Crippen molar-refractivity contribution in [3.8, 4) is 0 Å². The second-order valence-electron chi connectivity index (χ2n) is 4.52. The van der Waals surface area contributed by atoms with Gasteiger partial charge in [0, 0.05) is 50.9 Å². The molecule has 0 radical (unpaired) electrons. The maximum Gasteiger partial charge on any atom is 0.254 e. The number of carbonyl (C=O) groups is 2. The third-order valence-corrected chi connectivity index (χ3v) is 3.20. The van der Waals surface area contributed by atoms with Crippen molar-refractivity contribution in [2.45, 2.75) is 13.3 Å². The Bertz CT molecular complexity index is 493. The molecule has 0 N–H and O–H groups in total. The summed E-state index contributed by atoms with van der Waals surface area (Å²) in [7, 11) is 0. The molecule has 6 heteroatoms. The summed E-state index contributed by atoms with van der Waals surface area (Å²) in [6.45, 7) is 3.75. The minimum Gasteiger partial charge on any atom is -0.341 e. The molecule has 0 unspecified atom stereocenters. The molecular formula is C13H16FN3O2. The van der Waals surface area contributed by atoms with Crippen LogP contribution in [0.4, 0.5) is 4.39 Å². The van der Waals surface area contributed by atoms with Crippen LogP contribution in [0.2, 0.25) is 0 Å². The Labute approximate surface area is 111 Å². The summed E-state index contributed by atoms with van der Waals surface area (Å²) in [6, 6.07) is 2.63. The van der Waals surface area contributed by atoms with Crippen molar-refractivity contribution in [3.63, 3.8) is 0 Å². The van der Waals surface area contributed by atoms with E-state index in [-0.39, 0.29) is 11.8 Å². The average Bonchev–Trinajstić information content (AvgIpc) is 2.63. The summed E-state index contributed by atoms with van der Waals surface area (Å²) in [6.07, 6.45) is 2.02. The Morgan fingerprint density at radius 3 is 2.58 bits per heavy atom. The van der Waals surface area contributed by atoms with Crippen LogP contribution < -0.4 is 0 Å². The van der Waals surface area contributed by atoms with Gasteiger partial charge >= 0.3 is 0 Å². The van der Waals surface area contributed by atoms with Gasteiger partial charge in [0.15, 0.2) is 0 Å². The number of hydrogen-bond acceptors (Lipinski definition) is 3. The molecule has 19 heavy (non-hydrogen) atoms. The number of halogens is 1. The van der Waals surface area contributed by atoms with Crippen molar-refractivity contribution < 1.29 is 14.0 Å². The zero-order valence-corrected chi connectivity index (χ0v) is 10.8. The highest BCUT2D eigenvalue weighted by Gasteiger charge is 2.21. The van der Waals surface area contributed by atoms with Gasteiger partial charge in [-0.05, 0) is 12.5 Å². The van der Waals surface area contributed by atoms with Crippen LogP contribution in [0.15, 0.2) is 18.3 Å². The van der Waals surface area contributed by atoms with Crippen LogP contribution in [0.25, 0.3) is 0 Å². The lowest BCUT2D eigenvalue weighted by atomic mass is 10.2. The molecule has 0 aromatic carbocycles. The fourth-order valence-corrected chi connectivity index (χ4v) is 2.15. The molecule has 102 valence electrons. The summed E-state index contributed by atoms with van der Waals surface area (Å²) in [5.74, 6) is -0.859.